The highest BCUT2D eigenvalue weighted by Gasteiger charge is 2.02. The summed E-state index contributed by atoms with van der Waals surface area (Å²) >= 11 is 0. The van der Waals surface area contributed by atoms with Gasteiger partial charge in [-0.15, -0.1) is 0 Å². The second kappa shape index (κ2) is 4.98. The third kappa shape index (κ3) is 2.65. The first-order valence-electron chi connectivity index (χ1n) is 6.16. The van der Waals surface area contributed by atoms with Crippen LogP contribution in [0.4, 0.5) is 0 Å². The number of aryl methyl sites for hydroxylation is 1. The van der Waals surface area contributed by atoms with Gasteiger partial charge in [-0.3, -0.25) is 0 Å². The Morgan fingerprint density at radius 1 is 0.895 bits per heavy atom. The van der Waals surface area contributed by atoms with Crippen LogP contribution in [0.2, 0.25) is 0 Å². The van der Waals surface area contributed by atoms with E-state index in [0.717, 1.165) is 28.6 Å². The van der Waals surface area contributed by atoms with E-state index in [9.17, 15) is 0 Å². The van der Waals surface area contributed by atoms with Crippen LogP contribution < -0.4 is 4.74 Å². The Kier molecular flexibility index (Phi) is 3.02. The van der Waals surface area contributed by atoms with Crippen molar-refractivity contribution in [2.75, 3.05) is 0 Å². The number of ether oxygens (including phenoxy) is 1. The van der Waals surface area contributed by atoms with E-state index in [1.165, 1.54) is 0 Å². The number of imidazole rings is 1. The lowest BCUT2D eigenvalue weighted by Crippen LogP contribution is -1.84. The van der Waals surface area contributed by atoms with E-state index in [4.69, 9.17) is 4.74 Å². The highest BCUT2D eigenvalue weighted by molar-refractivity contribution is 5.59. The van der Waals surface area contributed by atoms with Crippen molar-refractivity contribution in [1.82, 2.24) is 9.97 Å². The third-order valence-electron chi connectivity index (χ3n) is 2.83. The molecule has 94 valence electrons. The minimum atomic E-state index is 0.821. The van der Waals surface area contributed by atoms with Gasteiger partial charge >= 0.3 is 0 Å². The Bertz CT molecular complexity index is 657. The maximum absolute atomic E-state index is 5.75. The number of aromatic amines is 1. The van der Waals surface area contributed by atoms with Crippen LogP contribution >= 0.6 is 0 Å². The third-order valence-corrected chi connectivity index (χ3v) is 2.83. The average molecular weight is 250 g/mol. The SMILES string of the molecule is Cc1nc(-c2ccc(Oc3ccccc3)cc2)c[nH]1. The Balaban J connectivity index is 1.79. The van der Waals surface area contributed by atoms with Crippen LogP contribution in [0.15, 0.2) is 60.8 Å². The van der Waals surface area contributed by atoms with Gasteiger partial charge in [0.1, 0.15) is 17.3 Å². The van der Waals surface area contributed by atoms with E-state index in [0.29, 0.717) is 0 Å². The first-order chi connectivity index (χ1) is 9.31. The molecule has 0 saturated heterocycles. The molecule has 0 fully saturated rings. The molecule has 3 nitrogen and oxygen atoms in total. The predicted octanol–water partition coefficient (Wildman–Crippen LogP) is 4.18. The summed E-state index contributed by atoms with van der Waals surface area (Å²) in [7, 11) is 0. The molecule has 2 aromatic carbocycles. The Labute approximate surface area is 111 Å². The molecule has 0 atom stereocenters. The van der Waals surface area contributed by atoms with Crippen LogP contribution in [0.1, 0.15) is 5.82 Å². The van der Waals surface area contributed by atoms with Gasteiger partial charge in [0.05, 0.1) is 5.69 Å². The number of para-hydroxylation sites is 1. The second-order valence-electron chi connectivity index (χ2n) is 4.31. The molecule has 0 bridgehead atoms. The summed E-state index contributed by atoms with van der Waals surface area (Å²) in [4.78, 5) is 7.48. The summed E-state index contributed by atoms with van der Waals surface area (Å²) in [6.07, 6.45) is 1.91. The van der Waals surface area contributed by atoms with Gasteiger partial charge in [-0.1, -0.05) is 18.2 Å². The highest BCUT2D eigenvalue weighted by atomic mass is 16.5. The highest BCUT2D eigenvalue weighted by Crippen LogP contribution is 2.24. The molecule has 3 rings (SSSR count). The number of rotatable bonds is 3. The van der Waals surface area contributed by atoms with Crippen LogP contribution in [0, 0.1) is 6.92 Å². The molecule has 3 heteroatoms. The number of H-pyrrole nitrogens is 1. The first kappa shape index (κ1) is 11.5. The zero-order valence-electron chi connectivity index (χ0n) is 10.6. The summed E-state index contributed by atoms with van der Waals surface area (Å²) in [5.41, 5.74) is 2.02. The van der Waals surface area contributed by atoms with Gasteiger partial charge in [0.15, 0.2) is 0 Å². The van der Waals surface area contributed by atoms with Crippen molar-refractivity contribution in [2.45, 2.75) is 6.92 Å². The maximum Gasteiger partial charge on any atom is 0.127 e. The smallest absolute Gasteiger partial charge is 0.127 e. The van der Waals surface area contributed by atoms with Crippen molar-refractivity contribution < 1.29 is 4.74 Å². The molecule has 19 heavy (non-hydrogen) atoms. The number of hydrogen-bond acceptors (Lipinski definition) is 2. The van der Waals surface area contributed by atoms with Gasteiger partial charge in [-0.05, 0) is 43.3 Å². The number of aromatic nitrogens is 2. The second-order valence-corrected chi connectivity index (χ2v) is 4.31. The zero-order chi connectivity index (χ0) is 13.1. The van der Waals surface area contributed by atoms with Crippen molar-refractivity contribution in [2.24, 2.45) is 0 Å². The van der Waals surface area contributed by atoms with Gasteiger partial charge in [0, 0.05) is 11.8 Å². The van der Waals surface area contributed by atoms with E-state index in [1.807, 2.05) is 67.7 Å². The summed E-state index contributed by atoms with van der Waals surface area (Å²) in [5, 5.41) is 0. The summed E-state index contributed by atoms with van der Waals surface area (Å²) < 4.78 is 5.75. The van der Waals surface area contributed by atoms with Crippen molar-refractivity contribution in [1.29, 1.82) is 0 Å². The van der Waals surface area contributed by atoms with Crippen molar-refractivity contribution >= 4 is 0 Å². The van der Waals surface area contributed by atoms with Gasteiger partial charge in [0.25, 0.3) is 0 Å². The average Bonchev–Trinajstić information content (AvgIpc) is 2.87. The minimum absolute atomic E-state index is 0.821. The van der Waals surface area contributed by atoms with Gasteiger partial charge < -0.3 is 9.72 Å². The number of benzene rings is 2. The maximum atomic E-state index is 5.75. The topological polar surface area (TPSA) is 37.9 Å². The molecular formula is C16H14N2O. The lowest BCUT2D eigenvalue weighted by Gasteiger charge is -2.05. The number of hydrogen-bond donors (Lipinski definition) is 1. The Morgan fingerprint density at radius 2 is 1.58 bits per heavy atom. The van der Waals surface area contributed by atoms with Crippen LogP contribution in [0.3, 0.4) is 0 Å². The van der Waals surface area contributed by atoms with Crippen molar-refractivity contribution in [3.05, 3.63) is 66.6 Å². The van der Waals surface area contributed by atoms with Crippen LogP contribution in [-0.2, 0) is 0 Å². The normalized spacial score (nSPS) is 10.4. The molecule has 1 heterocycles. The van der Waals surface area contributed by atoms with E-state index < -0.39 is 0 Å². The van der Waals surface area contributed by atoms with Crippen LogP contribution in [0.25, 0.3) is 11.3 Å². The van der Waals surface area contributed by atoms with Crippen molar-refractivity contribution in [3.63, 3.8) is 0 Å². The molecule has 0 spiro atoms. The molecule has 0 aliphatic heterocycles. The fourth-order valence-corrected chi connectivity index (χ4v) is 1.88. The largest absolute Gasteiger partial charge is 0.457 e. The van der Waals surface area contributed by atoms with Crippen molar-refractivity contribution in [3.8, 4) is 22.8 Å². The molecule has 0 amide bonds. The summed E-state index contributed by atoms with van der Waals surface area (Å²) in [6.45, 7) is 1.94. The van der Waals surface area contributed by atoms with Gasteiger partial charge in [-0.25, -0.2) is 4.98 Å². The van der Waals surface area contributed by atoms with E-state index >= 15 is 0 Å². The van der Waals surface area contributed by atoms with E-state index in [2.05, 4.69) is 9.97 Å². The van der Waals surface area contributed by atoms with E-state index in [-0.39, 0.29) is 0 Å². The lowest BCUT2D eigenvalue weighted by atomic mass is 10.1. The number of nitrogens with one attached hydrogen (secondary N) is 1. The molecule has 1 N–H and O–H groups in total. The zero-order valence-corrected chi connectivity index (χ0v) is 10.6. The molecule has 0 aliphatic carbocycles. The van der Waals surface area contributed by atoms with Crippen LogP contribution in [-0.4, -0.2) is 9.97 Å². The fraction of sp³-hybridized carbons (Fsp3) is 0.0625. The van der Waals surface area contributed by atoms with E-state index in [1.54, 1.807) is 0 Å². The Morgan fingerprint density at radius 3 is 2.21 bits per heavy atom. The standard InChI is InChI=1S/C16H14N2O/c1-12-17-11-16(18-12)13-7-9-15(10-8-13)19-14-5-3-2-4-6-14/h2-11H,1H3,(H,17,18). The fourth-order valence-electron chi connectivity index (χ4n) is 1.88. The monoisotopic (exact) mass is 250 g/mol. The number of nitrogens with zero attached hydrogens (tertiary/aromatic N) is 1. The summed E-state index contributed by atoms with van der Waals surface area (Å²) in [5.74, 6) is 2.58. The predicted molar refractivity (Wildman–Crippen MR) is 75.3 cm³/mol. The molecule has 3 aromatic rings. The quantitative estimate of drug-likeness (QED) is 0.757. The molecule has 1 aromatic heterocycles. The first-order valence-corrected chi connectivity index (χ1v) is 6.16. The van der Waals surface area contributed by atoms with Crippen LogP contribution in [0.5, 0.6) is 11.5 Å². The molecule has 0 unspecified atom stereocenters. The Hall–Kier alpha value is -2.55. The molecular weight excluding hydrogens is 236 g/mol. The molecule has 0 radical (unpaired) electrons. The lowest BCUT2D eigenvalue weighted by molar-refractivity contribution is 0.483. The molecule has 0 saturated carbocycles. The van der Waals surface area contributed by atoms with Gasteiger partial charge in [0.2, 0.25) is 0 Å². The summed E-state index contributed by atoms with van der Waals surface area (Å²) in [6, 6.07) is 17.7. The van der Waals surface area contributed by atoms with Gasteiger partial charge in [-0.2, -0.15) is 0 Å². The molecule has 0 aliphatic rings. The minimum Gasteiger partial charge on any atom is -0.457 e.